The molecule has 3 heterocycles. The molecule has 2 bridgehead atoms. The van der Waals surface area contributed by atoms with Gasteiger partial charge in [0.2, 0.25) is 6.29 Å². The average molecular weight is 805 g/mol. The number of hydrogen-bond acceptors (Lipinski definition) is 18. The number of carbonyl (C=O) groups is 1. The third-order valence-corrected chi connectivity index (χ3v) is 15.0. The minimum Gasteiger partial charge on any atom is -0.432 e. The van der Waals surface area contributed by atoms with Gasteiger partial charge < -0.3 is 84.6 Å². The smallest absolute Gasteiger partial charge is 0.314 e. The van der Waals surface area contributed by atoms with Gasteiger partial charge in [-0.3, -0.25) is 4.79 Å². The highest BCUT2D eigenvalue weighted by molar-refractivity contribution is 5.77. The lowest BCUT2D eigenvalue weighted by atomic mass is 9.41. The Morgan fingerprint density at radius 2 is 1.21 bits per heavy atom. The van der Waals surface area contributed by atoms with Gasteiger partial charge in [0, 0.05) is 0 Å². The van der Waals surface area contributed by atoms with Gasteiger partial charge in [-0.25, -0.2) is 0 Å². The second-order valence-electron chi connectivity index (χ2n) is 18.0. The highest BCUT2D eigenvalue weighted by atomic mass is 16.8. The molecule has 1 spiro atoms. The summed E-state index contributed by atoms with van der Waals surface area (Å²) in [5.74, 6) is -0.591. The van der Waals surface area contributed by atoms with Crippen LogP contribution in [0, 0.1) is 28.1 Å². The molecule has 0 aromatic rings. The zero-order chi connectivity index (χ0) is 40.7. The highest BCUT2D eigenvalue weighted by Crippen LogP contribution is 2.73. The van der Waals surface area contributed by atoms with Crippen LogP contribution in [0.2, 0.25) is 0 Å². The van der Waals surface area contributed by atoms with Gasteiger partial charge in [0.25, 0.3) is 0 Å². The van der Waals surface area contributed by atoms with E-state index in [4.69, 9.17) is 28.4 Å². The molecule has 0 aromatic carbocycles. The lowest BCUT2D eigenvalue weighted by Crippen LogP contribution is -2.65. The van der Waals surface area contributed by atoms with Crippen LogP contribution in [0.25, 0.3) is 0 Å². The molecule has 320 valence electrons. The summed E-state index contributed by atoms with van der Waals surface area (Å²) in [6.07, 6.45) is -17.8. The Kier molecular flexibility index (Phi) is 11.9. The number of rotatable bonds is 9. The summed E-state index contributed by atoms with van der Waals surface area (Å²) < 4.78 is 35.6. The number of carbonyl (C=O) groups excluding carboxylic acids is 1. The number of fused-ring (bicyclic) bond motifs is 3. The van der Waals surface area contributed by atoms with E-state index in [0.29, 0.717) is 44.9 Å². The number of ether oxygens (including phenoxy) is 6. The molecule has 56 heavy (non-hydrogen) atoms. The summed E-state index contributed by atoms with van der Waals surface area (Å²) in [6, 6.07) is 0. The predicted octanol–water partition coefficient (Wildman–Crippen LogP) is -2.94. The molecule has 3 saturated heterocycles. The zero-order valence-electron chi connectivity index (χ0n) is 31.8. The van der Waals surface area contributed by atoms with Crippen LogP contribution in [0.5, 0.6) is 0 Å². The standard InChI is InChI=1S/C38H60O18/c1-16-11-37-9-5-20-35(2,7-4-8-36(20,3)34(50)55-32-29(49)26(46)23(43)18(13-40)52-32)21(37)6-10-38(16,15-37)56-33-30(27(47)24(44)19(14-41)53-33)54-31-28(48)25(45)22(42)17(12-39)51-31/h17-33,39-49H,1,4-15H2,2-3H3/t17-,18-,19-,20?,21?,22-,23-,24-,25+,26+,27+,28-,29-,30-,31+,32+,33-,35-,36-,37-,38+/m1/s1. The Bertz CT molecular complexity index is 1450. The number of esters is 1. The molecular formula is C38H60O18. The quantitative estimate of drug-likeness (QED) is 0.0631. The van der Waals surface area contributed by atoms with Gasteiger partial charge in [0.15, 0.2) is 12.6 Å². The van der Waals surface area contributed by atoms with Crippen molar-refractivity contribution in [2.24, 2.45) is 28.1 Å². The largest absolute Gasteiger partial charge is 0.432 e. The number of hydrogen-bond donors (Lipinski definition) is 11. The first-order valence-electron chi connectivity index (χ1n) is 19.9. The van der Waals surface area contributed by atoms with Crippen molar-refractivity contribution in [1.82, 2.24) is 0 Å². The van der Waals surface area contributed by atoms with Gasteiger partial charge in [-0.1, -0.05) is 19.9 Å². The van der Waals surface area contributed by atoms with Gasteiger partial charge in [-0.05, 0) is 86.5 Å². The second-order valence-corrected chi connectivity index (χ2v) is 18.0. The molecule has 18 heteroatoms. The zero-order valence-corrected chi connectivity index (χ0v) is 31.8. The van der Waals surface area contributed by atoms with Crippen molar-refractivity contribution in [3.63, 3.8) is 0 Å². The summed E-state index contributed by atoms with van der Waals surface area (Å²) in [5.41, 5.74) is -1.80. The maximum Gasteiger partial charge on any atom is 0.314 e. The van der Waals surface area contributed by atoms with E-state index < -0.39 is 129 Å². The van der Waals surface area contributed by atoms with Crippen LogP contribution >= 0.6 is 0 Å². The number of aliphatic hydroxyl groups excluding tert-OH is 11. The lowest BCUT2D eigenvalue weighted by molar-refractivity contribution is -0.378. The van der Waals surface area contributed by atoms with E-state index in [1.54, 1.807) is 0 Å². The van der Waals surface area contributed by atoms with E-state index in [2.05, 4.69) is 13.5 Å². The van der Waals surface area contributed by atoms with Crippen LogP contribution < -0.4 is 0 Å². The van der Waals surface area contributed by atoms with E-state index in [9.17, 15) is 61.0 Å². The Labute approximate surface area is 324 Å². The Morgan fingerprint density at radius 3 is 1.82 bits per heavy atom. The van der Waals surface area contributed by atoms with Crippen molar-refractivity contribution in [3.8, 4) is 0 Å². The van der Waals surface area contributed by atoms with Crippen LogP contribution in [0.15, 0.2) is 12.2 Å². The summed E-state index contributed by atoms with van der Waals surface area (Å²) in [6.45, 7) is 6.52. The first kappa shape index (κ1) is 42.7. The van der Waals surface area contributed by atoms with Gasteiger partial charge in [0.05, 0.1) is 30.8 Å². The van der Waals surface area contributed by atoms with E-state index in [1.807, 2.05) is 6.92 Å². The molecule has 4 saturated carbocycles. The Balaban J connectivity index is 1.10. The lowest BCUT2D eigenvalue weighted by Gasteiger charge is -2.64. The van der Waals surface area contributed by atoms with E-state index in [0.717, 1.165) is 18.4 Å². The summed E-state index contributed by atoms with van der Waals surface area (Å²) in [7, 11) is 0. The fourth-order valence-electron chi connectivity index (χ4n) is 12.0. The molecule has 21 atom stereocenters. The normalized spacial score (nSPS) is 54.6. The average Bonchev–Trinajstić information content (AvgIpc) is 3.37. The molecule has 0 radical (unpaired) electrons. The molecule has 18 nitrogen and oxygen atoms in total. The van der Waals surface area contributed by atoms with Gasteiger partial charge >= 0.3 is 5.97 Å². The van der Waals surface area contributed by atoms with E-state index in [-0.39, 0.29) is 22.7 Å². The van der Waals surface area contributed by atoms with Crippen LogP contribution in [0.1, 0.15) is 71.6 Å². The third kappa shape index (κ3) is 6.69. The van der Waals surface area contributed by atoms with Crippen molar-refractivity contribution in [2.75, 3.05) is 19.8 Å². The van der Waals surface area contributed by atoms with Crippen LogP contribution in [0.3, 0.4) is 0 Å². The first-order chi connectivity index (χ1) is 26.4. The number of aliphatic hydroxyl groups is 11. The van der Waals surface area contributed by atoms with Crippen molar-refractivity contribution in [2.45, 2.75) is 169 Å². The van der Waals surface area contributed by atoms with Crippen LogP contribution in [-0.4, -0.2) is 180 Å². The SMILES string of the molecule is C=C1C[C@@]23CCC4[C@@](C)(CCC[C@@]4(C)C(=O)O[C@@H]4O[C@H](CO)[C@@H](O)[C@H](O)[C@H]4O)C2CC[C@]1(O[C@H]1O[C@H](CO)[C@@H](O)[C@H](O)[C@H]1O[C@@H]1O[C@H](CO)[C@@H](O)[C@H](O)[C@H]1O)C3. The molecular weight excluding hydrogens is 744 g/mol. The fraction of sp³-hybridized carbons (Fsp3) is 0.921. The minimum atomic E-state index is -1.81. The summed E-state index contributed by atoms with van der Waals surface area (Å²) in [5, 5.41) is 114. The summed E-state index contributed by atoms with van der Waals surface area (Å²) in [4.78, 5) is 14.1. The van der Waals surface area contributed by atoms with Crippen LogP contribution in [0.4, 0.5) is 0 Å². The highest BCUT2D eigenvalue weighted by Gasteiger charge is 2.69. The second kappa shape index (κ2) is 15.6. The third-order valence-electron chi connectivity index (χ3n) is 15.0. The van der Waals surface area contributed by atoms with Crippen molar-refractivity contribution in [1.29, 1.82) is 0 Å². The minimum absolute atomic E-state index is 0.121. The van der Waals surface area contributed by atoms with Crippen molar-refractivity contribution in [3.05, 3.63) is 12.2 Å². The van der Waals surface area contributed by atoms with Gasteiger partial charge in [-0.2, -0.15) is 0 Å². The molecule has 3 aliphatic heterocycles. The topological polar surface area (TPSA) is 295 Å². The summed E-state index contributed by atoms with van der Waals surface area (Å²) >= 11 is 0. The molecule has 4 aliphatic carbocycles. The first-order valence-corrected chi connectivity index (χ1v) is 19.9. The predicted molar refractivity (Wildman–Crippen MR) is 186 cm³/mol. The molecule has 7 rings (SSSR count). The Hall–Kier alpha value is -1.43. The monoisotopic (exact) mass is 804 g/mol. The van der Waals surface area contributed by atoms with E-state index >= 15 is 0 Å². The molecule has 2 unspecified atom stereocenters. The van der Waals surface area contributed by atoms with E-state index in [1.165, 1.54) is 0 Å². The van der Waals surface area contributed by atoms with Gasteiger partial charge in [-0.15, -0.1) is 0 Å². The maximum absolute atomic E-state index is 14.1. The fourth-order valence-corrected chi connectivity index (χ4v) is 12.0. The van der Waals surface area contributed by atoms with Crippen molar-refractivity contribution < 1.29 is 89.4 Å². The molecule has 7 fully saturated rings. The molecule has 11 N–H and O–H groups in total. The Morgan fingerprint density at radius 1 is 0.679 bits per heavy atom. The van der Waals surface area contributed by atoms with Crippen LogP contribution in [-0.2, 0) is 33.2 Å². The molecule has 0 amide bonds. The maximum atomic E-state index is 14.1. The van der Waals surface area contributed by atoms with Crippen molar-refractivity contribution >= 4 is 5.97 Å². The van der Waals surface area contributed by atoms with Gasteiger partial charge in [0.1, 0.15) is 73.2 Å². The molecule has 7 aliphatic rings. The molecule has 0 aromatic heterocycles.